The van der Waals surface area contributed by atoms with Crippen LogP contribution in [0.3, 0.4) is 0 Å². The Labute approximate surface area is 460 Å². The van der Waals surface area contributed by atoms with Gasteiger partial charge in [-0.1, -0.05) is 252 Å². The van der Waals surface area contributed by atoms with E-state index >= 15 is 0 Å². The van der Waals surface area contributed by atoms with Gasteiger partial charge in [-0.05, 0) is 103 Å². The summed E-state index contributed by atoms with van der Waals surface area (Å²) in [5, 5.41) is 0. The quantitative estimate of drug-likeness (QED) is 0.0264. The average molecular weight is 1070 g/mol. The van der Waals surface area contributed by atoms with Gasteiger partial charge in [0, 0.05) is 19.4 Å². The Hall–Kier alpha value is -3.33. The van der Waals surface area contributed by atoms with Gasteiger partial charge in [0.1, 0.15) is 6.61 Å². The molecule has 0 amide bonds. The van der Waals surface area contributed by atoms with E-state index in [2.05, 4.69) is 123 Å². The molecule has 430 valence electrons. The fourth-order valence-electron chi connectivity index (χ4n) is 8.18. The molecule has 0 radical (unpaired) electrons. The van der Waals surface area contributed by atoms with Crippen LogP contribution in [-0.2, 0) is 32.7 Å². The van der Waals surface area contributed by atoms with Gasteiger partial charge >= 0.3 is 19.8 Å². The van der Waals surface area contributed by atoms with Crippen LogP contribution in [0.5, 0.6) is 0 Å². The monoisotopic (exact) mass is 1070 g/mol. The van der Waals surface area contributed by atoms with Crippen molar-refractivity contribution in [2.24, 2.45) is 5.73 Å². The molecule has 10 heteroatoms. The number of rotatable bonds is 56. The third kappa shape index (κ3) is 59.8. The number of nitrogens with two attached hydrogens (primary N) is 1. The molecule has 9 nitrogen and oxygen atoms in total. The van der Waals surface area contributed by atoms with Crippen LogP contribution in [0.4, 0.5) is 0 Å². The molecule has 0 aliphatic carbocycles. The lowest BCUT2D eigenvalue weighted by Crippen LogP contribution is -2.29. The van der Waals surface area contributed by atoms with Crippen molar-refractivity contribution in [2.75, 3.05) is 26.4 Å². The minimum atomic E-state index is -4.40. The van der Waals surface area contributed by atoms with Gasteiger partial charge in [-0.25, -0.2) is 4.57 Å². The summed E-state index contributed by atoms with van der Waals surface area (Å²) in [6.45, 7) is 3.63. The number of unbranched alkanes of at least 4 members (excludes halogenated alkanes) is 25. The molecular weight excluding hydrogens is 954 g/mol. The molecule has 0 spiro atoms. The summed E-state index contributed by atoms with van der Waals surface area (Å²) < 4.78 is 33.1. The van der Waals surface area contributed by atoms with E-state index in [1.54, 1.807) is 0 Å². The number of ether oxygens (including phenoxy) is 2. The smallest absolute Gasteiger partial charge is 0.462 e. The lowest BCUT2D eigenvalue weighted by molar-refractivity contribution is -0.161. The first kappa shape index (κ1) is 71.7. The fraction of sp³-hybridized carbons (Fsp3) is 0.692. The molecule has 0 fully saturated rings. The zero-order chi connectivity index (χ0) is 54.5. The van der Waals surface area contributed by atoms with Crippen molar-refractivity contribution in [3.63, 3.8) is 0 Å². The topological polar surface area (TPSA) is 134 Å². The summed E-state index contributed by atoms with van der Waals surface area (Å²) in [5.41, 5.74) is 5.38. The van der Waals surface area contributed by atoms with E-state index in [4.69, 9.17) is 24.3 Å². The van der Waals surface area contributed by atoms with Crippen LogP contribution in [0.25, 0.3) is 0 Å². The zero-order valence-corrected chi connectivity index (χ0v) is 48.9. The van der Waals surface area contributed by atoms with Crippen molar-refractivity contribution < 1.29 is 37.6 Å². The van der Waals surface area contributed by atoms with Crippen LogP contribution in [0, 0.1) is 0 Å². The van der Waals surface area contributed by atoms with Gasteiger partial charge in [0.05, 0.1) is 13.2 Å². The van der Waals surface area contributed by atoms with Gasteiger partial charge in [0.15, 0.2) is 6.10 Å². The largest absolute Gasteiger partial charge is 0.472 e. The van der Waals surface area contributed by atoms with Crippen molar-refractivity contribution in [2.45, 2.75) is 264 Å². The molecule has 75 heavy (non-hydrogen) atoms. The second-order valence-electron chi connectivity index (χ2n) is 19.8. The number of phosphoric ester groups is 1. The molecule has 2 unspecified atom stereocenters. The maximum absolute atomic E-state index is 12.7. The molecule has 0 aromatic carbocycles. The SMILES string of the molecule is CC/C=C\C/C=C\C/C=C\C/C=C\C/C=C\C/C=C\C/C=C\C/C=C\CCCCCCCCCCC(=O)OC(COC(=O)CCCCCCCCCCC/C=C\CCCCCCCCCC)COP(=O)(O)OCCN. The molecule has 0 bridgehead atoms. The van der Waals surface area contributed by atoms with Gasteiger partial charge in [-0.15, -0.1) is 0 Å². The van der Waals surface area contributed by atoms with Crippen LogP contribution in [0.1, 0.15) is 258 Å². The third-order valence-corrected chi connectivity index (χ3v) is 13.6. The molecule has 0 rings (SSSR count). The first-order chi connectivity index (χ1) is 36.8. The summed E-state index contributed by atoms with van der Waals surface area (Å²) >= 11 is 0. The molecule has 3 N–H and O–H groups in total. The van der Waals surface area contributed by atoms with Crippen molar-refractivity contribution in [3.05, 3.63) is 109 Å². The lowest BCUT2D eigenvalue weighted by Gasteiger charge is -2.19. The summed E-state index contributed by atoms with van der Waals surface area (Å²) in [7, 11) is -4.40. The van der Waals surface area contributed by atoms with E-state index in [1.807, 2.05) is 0 Å². The number of hydrogen-bond donors (Lipinski definition) is 2. The van der Waals surface area contributed by atoms with Crippen LogP contribution in [0.2, 0.25) is 0 Å². The molecule has 0 aliphatic rings. The number of phosphoric acid groups is 1. The molecule has 0 saturated carbocycles. The number of esters is 2. The Morgan fingerprint density at radius 1 is 0.413 bits per heavy atom. The molecule has 0 heterocycles. The van der Waals surface area contributed by atoms with E-state index in [-0.39, 0.29) is 38.6 Å². The van der Waals surface area contributed by atoms with Crippen molar-refractivity contribution in [1.82, 2.24) is 0 Å². The summed E-state index contributed by atoms with van der Waals surface area (Å²) in [5.74, 6) is -0.840. The van der Waals surface area contributed by atoms with Gasteiger partial charge < -0.3 is 20.1 Å². The highest BCUT2D eigenvalue weighted by Crippen LogP contribution is 2.43. The lowest BCUT2D eigenvalue weighted by atomic mass is 10.1. The maximum Gasteiger partial charge on any atom is 0.472 e. The van der Waals surface area contributed by atoms with E-state index in [0.717, 1.165) is 96.3 Å². The fourth-order valence-corrected chi connectivity index (χ4v) is 8.94. The van der Waals surface area contributed by atoms with Crippen molar-refractivity contribution in [3.8, 4) is 0 Å². The first-order valence-electron chi connectivity index (χ1n) is 30.4. The highest BCUT2D eigenvalue weighted by Gasteiger charge is 2.26. The van der Waals surface area contributed by atoms with Crippen LogP contribution >= 0.6 is 7.82 Å². The van der Waals surface area contributed by atoms with E-state index in [0.29, 0.717) is 6.42 Å². The highest BCUT2D eigenvalue weighted by atomic mass is 31.2. The standard InChI is InChI=1S/C65H112NO8P/c1-3-5-7-9-11-13-15-17-19-21-23-25-26-27-28-29-30-31-32-33-34-35-36-38-40-42-44-46-48-50-52-54-56-58-65(68)74-63(62-73-75(69,70)72-60-59-66)61-71-64(67)57-55-53-51-49-47-45-43-41-39-37-24-22-20-18-16-14-12-10-8-6-4-2/h5,7,11,13,17,19,22-25,27-28,30-31,33-34,36,38,63H,3-4,6,8-10,12,14-16,18,20-21,26,29,32,35,37,39-62,66H2,1-2H3,(H,69,70)/b7-5-,13-11-,19-17-,24-22-,25-23-,28-27-,31-30-,34-33-,38-36-. The number of carbonyl (C=O) groups is 2. The van der Waals surface area contributed by atoms with Gasteiger partial charge in [0.2, 0.25) is 0 Å². The molecule has 0 saturated heterocycles. The summed E-state index contributed by atoms with van der Waals surface area (Å²) in [6, 6.07) is 0. The maximum atomic E-state index is 12.7. The van der Waals surface area contributed by atoms with Crippen molar-refractivity contribution in [1.29, 1.82) is 0 Å². The molecule has 0 aromatic rings. The predicted molar refractivity (Wildman–Crippen MR) is 321 cm³/mol. The Morgan fingerprint density at radius 2 is 0.733 bits per heavy atom. The summed E-state index contributed by atoms with van der Waals surface area (Å²) in [6.07, 6.45) is 81.4. The third-order valence-electron chi connectivity index (χ3n) is 12.6. The molecule has 0 aromatic heterocycles. The Bertz CT molecular complexity index is 1590. The Morgan fingerprint density at radius 3 is 1.11 bits per heavy atom. The zero-order valence-electron chi connectivity index (χ0n) is 48.0. The van der Waals surface area contributed by atoms with Gasteiger partial charge in [-0.3, -0.25) is 18.6 Å². The number of hydrogen-bond acceptors (Lipinski definition) is 8. The Kier molecular flexibility index (Phi) is 57.2. The highest BCUT2D eigenvalue weighted by molar-refractivity contribution is 7.47. The van der Waals surface area contributed by atoms with Gasteiger partial charge in [0.25, 0.3) is 0 Å². The second kappa shape index (κ2) is 59.9. The van der Waals surface area contributed by atoms with Gasteiger partial charge in [-0.2, -0.15) is 0 Å². The number of allylic oxidation sites excluding steroid dienone is 18. The second-order valence-corrected chi connectivity index (χ2v) is 21.3. The van der Waals surface area contributed by atoms with E-state index in [9.17, 15) is 19.0 Å². The molecule has 0 aliphatic heterocycles. The minimum absolute atomic E-state index is 0.0470. The molecular formula is C65H112NO8P. The normalized spacial score (nSPS) is 13.8. The Balaban J connectivity index is 4.02. The minimum Gasteiger partial charge on any atom is -0.462 e. The van der Waals surface area contributed by atoms with Crippen LogP contribution in [0.15, 0.2) is 109 Å². The number of carbonyl (C=O) groups excluding carboxylic acids is 2. The predicted octanol–water partition coefficient (Wildman–Crippen LogP) is 19.4. The van der Waals surface area contributed by atoms with Crippen LogP contribution in [-0.4, -0.2) is 49.3 Å². The van der Waals surface area contributed by atoms with Crippen molar-refractivity contribution >= 4 is 19.8 Å². The average Bonchev–Trinajstić information content (AvgIpc) is 3.40. The van der Waals surface area contributed by atoms with Crippen LogP contribution < -0.4 is 5.73 Å². The molecule has 2 atom stereocenters. The summed E-state index contributed by atoms with van der Waals surface area (Å²) in [4.78, 5) is 35.2. The first-order valence-corrected chi connectivity index (χ1v) is 31.9. The van der Waals surface area contributed by atoms with E-state index in [1.165, 1.54) is 128 Å². The van der Waals surface area contributed by atoms with E-state index < -0.39 is 26.5 Å².